The summed E-state index contributed by atoms with van der Waals surface area (Å²) >= 11 is 0. The Bertz CT molecular complexity index is 354. The van der Waals surface area contributed by atoms with Gasteiger partial charge in [-0.1, -0.05) is 0 Å². The SMILES string of the molecule is CCOC(=O)c1cnc(N)nc1COC. The van der Waals surface area contributed by atoms with E-state index in [0.717, 1.165) is 0 Å². The monoisotopic (exact) mass is 211 g/mol. The lowest BCUT2D eigenvalue weighted by Gasteiger charge is -2.06. The molecule has 0 spiro atoms. The highest BCUT2D eigenvalue weighted by atomic mass is 16.5. The zero-order valence-electron chi connectivity index (χ0n) is 8.69. The largest absolute Gasteiger partial charge is 0.462 e. The predicted octanol–water partition coefficient (Wildman–Crippen LogP) is 0.382. The van der Waals surface area contributed by atoms with Crippen molar-refractivity contribution in [2.75, 3.05) is 19.5 Å². The molecule has 0 unspecified atom stereocenters. The molecule has 1 rings (SSSR count). The molecule has 0 saturated heterocycles. The fraction of sp³-hybridized carbons (Fsp3) is 0.444. The average Bonchev–Trinajstić information content (AvgIpc) is 2.18. The van der Waals surface area contributed by atoms with E-state index in [-0.39, 0.29) is 18.1 Å². The maximum Gasteiger partial charge on any atom is 0.341 e. The average molecular weight is 211 g/mol. The number of nitrogen functional groups attached to an aromatic ring is 1. The quantitative estimate of drug-likeness (QED) is 0.724. The van der Waals surface area contributed by atoms with Gasteiger partial charge in [0, 0.05) is 13.3 Å². The molecule has 1 heterocycles. The molecule has 0 fully saturated rings. The van der Waals surface area contributed by atoms with Gasteiger partial charge in [0.15, 0.2) is 0 Å². The number of nitrogens with zero attached hydrogens (tertiary/aromatic N) is 2. The second kappa shape index (κ2) is 5.26. The van der Waals surface area contributed by atoms with Gasteiger partial charge >= 0.3 is 5.97 Å². The molecule has 2 N–H and O–H groups in total. The topological polar surface area (TPSA) is 87.3 Å². The fourth-order valence-electron chi connectivity index (χ4n) is 1.06. The number of ether oxygens (including phenoxy) is 2. The Hall–Kier alpha value is -1.69. The molecule has 0 atom stereocenters. The molecule has 6 nitrogen and oxygen atoms in total. The maximum atomic E-state index is 11.5. The summed E-state index contributed by atoms with van der Waals surface area (Å²) in [7, 11) is 1.51. The zero-order chi connectivity index (χ0) is 11.3. The molecule has 15 heavy (non-hydrogen) atoms. The summed E-state index contributed by atoms with van der Waals surface area (Å²) in [6.45, 7) is 2.22. The van der Waals surface area contributed by atoms with Crippen molar-refractivity contribution < 1.29 is 14.3 Å². The van der Waals surface area contributed by atoms with Crippen LogP contribution in [0.2, 0.25) is 0 Å². The van der Waals surface area contributed by atoms with Gasteiger partial charge in [-0.25, -0.2) is 14.8 Å². The normalized spacial score (nSPS) is 10.0. The molecule has 0 aliphatic rings. The van der Waals surface area contributed by atoms with Crippen LogP contribution in [0.15, 0.2) is 6.20 Å². The van der Waals surface area contributed by atoms with E-state index < -0.39 is 5.97 Å². The van der Waals surface area contributed by atoms with Crippen LogP contribution >= 0.6 is 0 Å². The number of hydrogen-bond donors (Lipinski definition) is 1. The maximum absolute atomic E-state index is 11.5. The van der Waals surface area contributed by atoms with Gasteiger partial charge in [-0.3, -0.25) is 0 Å². The Labute approximate surface area is 87.4 Å². The smallest absolute Gasteiger partial charge is 0.341 e. The van der Waals surface area contributed by atoms with E-state index in [2.05, 4.69) is 9.97 Å². The number of esters is 1. The predicted molar refractivity (Wildman–Crippen MR) is 53.1 cm³/mol. The summed E-state index contributed by atoms with van der Waals surface area (Å²) in [4.78, 5) is 19.1. The zero-order valence-corrected chi connectivity index (χ0v) is 8.69. The number of anilines is 1. The molecular weight excluding hydrogens is 198 g/mol. The Morgan fingerprint density at radius 1 is 1.60 bits per heavy atom. The van der Waals surface area contributed by atoms with Crippen molar-refractivity contribution in [3.8, 4) is 0 Å². The van der Waals surface area contributed by atoms with Crippen molar-refractivity contribution in [1.82, 2.24) is 9.97 Å². The molecule has 82 valence electrons. The Kier molecular flexibility index (Phi) is 3.99. The lowest BCUT2D eigenvalue weighted by molar-refractivity contribution is 0.0520. The van der Waals surface area contributed by atoms with Gasteiger partial charge in [-0.05, 0) is 6.92 Å². The third kappa shape index (κ3) is 2.88. The molecule has 0 radical (unpaired) electrons. The molecule has 0 bridgehead atoms. The first-order chi connectivity index (χ1) is 7.19. The highest BCUT2D eigenvalue weighted by Gasteiger charge is 2.14. The number of rotatable bonds is 4. The first-order valence-electron chi connectivity index (χ1n) is 4.46. The molecule has 0 aliphatic carbocycles. The fourth-order valence-corrected chi connectivity index (χ4v) is 1.06. The van der Waals surface area contributed by atoms with Crippen LogP contribution in [0.3, 0.4) is 0 Å². The number of carbonyl (C=O) groups is 1. The Morgan fingerprint density at radius 2 is 2.33 bits per heavy atom. The van der Waals surface area contributed by atoms with E-state index in [0.29, 0.717) is 12.3 Å². The van der Waals surface area contributed by atoms with Crippen LogP contribution in [0.4, 0.5) is 5.95 Å². The minimum atomic E-state index is -0.468. The van der Waals surface area contributed by atoms with Crippen molar-refractivity contribution >= 4 is 11.9 Å². The van der Waals surface area contributed by atoms with E-state index in [1.54, 1.807) is 6.92 Å². The summed E-state index contributed by atoms with van der Waals surface area (Å²) in [5.41, 5.74) is 6.12. The van der Waals surface area contributed by atoms with Gasteiger partial charge in [0.05, 0.1) is 18.9 Å². The van der Waals surface area contributed by atoms with E-state index in [1.807, 2.05) is 0 Å². The molecule has 1 aromatic rings. The Balaban J connectivity index is 2.99. The summed E-state index contributed by atoms with van der Waals surface area (Å²) < 4.78 is 9.74. The van der Waals surface area contributed by atoms with E-state index in [1.165, 1.54) is 13.3 Å². The number of carbonyl (C=O) groups excluding carboxylic acids is 1. The van der Waals surface area contributed by atoms with Crippen molar-refractivity contribution in [1.29, 1.82) is 0 Å². The summed E-state index contributed by atoms with van der Waals surface area (Å²) in [5, 5.41) is 0. The number of methoxy groups -OCH3 is 1. The van der Waals surface area contributed by atoms with Crippen molar-refractivity contribution in [2.24, 2.45) is 0 Å². The molecule has 0 amide bonds. The van der Waals surface area contributed by atoms with E-state index in [4.69, 9.17) is 15.2 Å². The number of aromatic nitrogens is 2. The molecule has 6 heteroatoms. The van der Waals surface area contributed by atoms with E-state index >= 15 is 0 Å². The summed E-state index contributed by atoms with van der Waals surface area (Å²) in [5.74, 6) is -0.361. The van der Waals surface area contributed by atoms with Crippen molar-refractivity contribution in [2.45, 2.75) is 13.5 Å². The highest BCUT2D eigenvalue weighted by Crippen LogP contribution is 2.09. The van der Waals surface area contributed by atoms with Crippen LogP contribution in [0.25, 0.3) is 0 Å². The third-order valence-electron chi connectivity index (χ3n) is 1.66. The van der Waals surface area contributed by atoms with Crippen LogP contribution in [0, 0.1) is 0 Å². The summed E-state index contributed by atoms with van der Waals surface area (Å²) in [6.07, 6.45) is 1.34. The molecule has 0 aliphatic heterocycles. The lowest BCUT2D eigenvalue weighted by atomic mass is 10.2. The van der Waals surface area contributed by atoms with Gasteiger partial charge in [-0.15, -0.1) is 0 Å². The standard InChI is InChI=1S/C9H13N3O3/c1-3-15-8(13)6-4-11-9(10)12-7(6)5-14-2/h4H,3,5H2,1-2H3,(H2,10,11,12). The van der Waals surface area contributed by atoms with Gasteiger partial charge in [0.1, 0.15) is 5.56 Å². The van der Waals surface area contributed by atoms with Gasteiger partial charge in [0.25, 0.3) is 0 Å². The van der Waals surface area contributed by atoms with Crippen LogP contribution < -0.4 is 5.73 Å². The minimum absolute atomic E-state index is 0.107. The van der Waals surface area contributed by atoms with Crippen LogP contribution in [-0.2, 0) is 16.1 Å². The van der Waals surface area contributed by atoms with Crippen LogP contribution in [0.5, 0.6) is 0 Å². The van der Waals surface area contributed by atoms with Crippen LogP contribution in [-0.4, -0.2) is 29.7 Å². The summed E-state index contributed by atoms with van der Waals surface area (Å²) in [6, 6.07) is 0. The van der Waals surface area contributed by atoms with Gasteiger partial charge < -0.3 is 15.2 Å². The van der Waals surface area contributed by atoms with E-state index in [9.17, 15) is 4.79 Å². The second-order valence-electron chi connectivity index (χ2n) is 2.74. The molecule has 0 aromatic carbocycles. The van der Waals surface area contributed by atoms with Crippen LogP contribution in [0.1, 0.15) is 23.0 Å². The van der Waals surface area contributed by atoms with Gasteiger partial charge in [0.2, 0.25) is 5.95 Å². The molecular formula is C9H13N3O3. The first-order valence-corrected chi connectivity index (χ1v) is 4.46. The number of nitrogens with two attached hydrogens (primary N) is 1. The molecule has 1 aromatic heterocycles. The van der Waals surface area contributed by atoms with Gasteiger partial charge in [-0.2, -0.15) is 0 Å². The van der Waals surface area contributed by atoms with Crippen molar-refractivity contribution in [3.05, 3.63) is 17.5 Å². The number of hydrogen-bond acceptors (Lipinski definition) is 6. The minimum Gasteiger partial charge on any atom is -0.462 e. The molecule has 0 saturated carbocycles. The second-order valence-corrected chi connectivity index (χ2v) is 2.74. The van der Waals surface area contributed by atoms with Crippen molar-refractivity contribution in [3.63, 3.8) is 0 Å². The first kappa shape index (κ1) is 11.4. The lowest BCUT2D eigenvalue weighted by Crippen LogP contribution is -2.12. The third-order valence-corrected chi connectivity index (χ3v) is 1.66. The Morgan fingerprint density at radius 3 is 2.93 bits per heavy atom. The highest BCUT2D eigenvalue weighted by molar-refractivity contribution is 5.90.